The minimum absolute atomic E-state index is 0.0116. The van der Waals surface area contributed by atoms with Crippen molar-refractivity contribution >= 4 is 23.2 Å². The van der Waals surface area contributed by atoms with Crippen molar-refractivity contribution in [2.24, 2.45) is 0 Å². The number of halogens is 2. The van der Waals surface area contributed by atoms with Gasteiger partial charge in [0.05, 0.1) is 11.3 Å². The Morgan fingerprint density at radius 2 is 1.92 bits per heavy atom. The number of imidazole rings is 1. The van der Waals surface area contributed by atoms with Gasteiger partial charge in [-0.25, -0.2) is 28.7 Å². The number of hydrogen-bond donors (Lipinski definition) is 3. The second-order valence-electron chi connectivity index (χ2n) is 8.90. The minimum Gasteiger partial charge on any atom is -0.505 e. The molecule has 6 rings (SSSR count). The van der Waals surface area contributed by atoms with E-state index in [1.807, 2.05) is 0 Å². The third kappa shape index (κ3) is 3.46. The number of phenolic OH excluding ortho intramolecular Hbond substituents is 1. The van der Waals surface area contributed by atoms with E-state index in [1.54, 1.807) is 48.1 Å². The van der Waals surface area contributed by atoms with Gasteiger partial charge in [-0.3, -0.25) is 4.79 Å². The molecule has 1 unspecified atom stereocenters. The van der Waals surface area contributed by atoms with Gasteiger partial charge in [-0.05, 0) is 36.2 Å². The topological polar surface area (TPSA) is 131 Å². The molecule has 4 N–H and O–H groups in total. The number of carbonyl (C=O) groups is 1. The molecule has 0 spiro atoms. The highest BCUT2D eigenvalue weighted by Gasteiger charge is 2.48. The summed E-state index contributed by atoms with van der Waals surface area (Å²) in [5, 5.41) is 12.3. The number of nitrogen functional groups attached to an aromatic ring is 1. The summed E-state index contributed by atoms with van der Waals surface area (Å²) in [6.07, 6.45) is 5.18. The van der Waals surface area contributed by atoms with Crippen LogP contribution in [0, 0.1) is 11.6 Å². The molecule has 0 saturated carbocycles. The first kappa shape index (κ1) is 22.5. The molecule has 0 fully saturated rings. The van der Waals surface area contributed by atoms with Gasteiger partial charge < -0.3 is 20.6 Å². The van der Waals surface area contributed by atoms with Crippen LogP contribution in [0.15, 0.2) is 61.1 Å². The van der Waals surface area contributed by atoms with E-state index in [0.717, 1.165) is 6.07 Å². The number of aromatic nitrogens is 5. The van der Waals surface area contributed by atoms with Gasteiger partial charge in [0.15, 0.2) is 23.0 Å². The highest BCUT2D eigenvalue weighted by molar-refractivity contribution is 6.09. The molecule has 1 atom stereocenters. The predicted molar refractivity (Wildman–Crippen MR) is 131 cm³/mol. The van der Waals surface area contributed by atoms with Crippen molar-refractivity contribution in [3.8, 4) is 17.3 Å². The van der Waals surface area contributed by atoms with Crippen molar-refractivity contribution < 1.29 is 18.7 Å². The van der Waals surface area contributed by atoms with Gasteiger partial charge in [0, 0.05) is 25.0 Å². The second-order valence-corrected chi connectivity index (χ2v) is 8.90. The molecule has 3 aromatic heterocycles. The lowest BCUT2D eigenvalue weighted by atomic mass is 9.77. The van der Waals surface area contributed by atoms with E-state index in [2.05, 4.69) is 25.3 Å². The zero-order chi connectivity index (χ0) is 25.9. The van der Waals surface area contributed by atoms with Crippen molar-refractivity contribution in [1.82, 2.24) is 24.3 Å². The van der Waals surface area contributed by atoms with Gasteiger partial charge >= 0.3 is 0 Å². The molecular formula is C26H19F2N7O2. The Morgan fingerprint density at radius 3 is 2.70 bits per heavy atom. The number of fused-ring (bicyclic) bond motifs is 2. The number of hydrogen-bond acceptors (Lipinski definition) is 7. The number of rotatable bonds is 4. The molecule has 11 heteroatoms. The molecule has 0 aliphatic carbocycles. The quantitative estimate of drug-likeness (QED) is 0.344. The molecule has 2 aromatic carbocycles. The largest absolute Gasteiger partial charge is 0.505 e. The Kier molecular flexibility index (Phi) is 4.90. The predicted octanol–water partition coefficient (Wildman–Crippen LogP) is 3.60. The summed E-state index contributed by atoms with van der Waals surface area (Å²) >= 11 is 0. The Hall–Kier alpha value is -4.93. The van der Waals surface area contributed by atoms with Crippen LogP contribution in [0.4, 0.5) is 20.4 Å². The van der Waals surface area contributed by atoms with Gasteiger partial charge in [-0.1, -0.05) is 24.3 Å². The Morgan fingerprint density at radius 1 is 1.11 bits per heavy atom. The fourth-order valence-electron chi connectivity index (χ4n) is 4.66. The molecule has 0 bridgehead atoms. The normalized spacial score (nSPS) is 16.7. The summed E-state index contributed by atoms with van der Waals surface area (Å²) < 4.78 is 30.2. The maximum Gasteiger partial charge on any atom is 0.240 e. The first-order chi connectivity index (χ1) is 17.8. The monoisotopic (exact) mass is 499 g/mol. The van der Waals surface area contributed by atoms with E-state index < -0.39 is 22.9 Å². The first-order valence-corrected chi connectivity index (χ1v) is 11.3. The number of aromatic hydroxyl groups is 1. The lowest BCUT2D eigenvalue weighted by Gasteiger charge is -2.23. The van der Waals surface area contributed by atoms with Crippen LogP contribution in [0.1, 0.15) is 29.3 Å². The van der Waals surface area contributed by atoms with Gasteiger partial charge in [0.25, 0.3) is 0 Å². The molecule has 184 valence electrons. The van der Waals surface area contributed by atoms with Crippen molar-refractivity contribution in [3.63, 3.8) is 0 Å². The second kappa shape index (κ2) is 8.05. The highest BCUT2D eigenvalue weighted by Crippen LogP contribution is 2.45. The third-order valence-corrected chi connectivity index (χ3v) is 6.64. The van der Waals surface area contributed by atoms with Gasteiger partial charge in [-0.2, -0.15) is 0 Å². The number of phenols is 1. The van der Waals surface area contributed by atoms with Crippen LogP contribution in [0.5, 0.6) is 5.75 Å². The third-order valence-electron chi connectivity index (χ3n) is 6.64. The maximum absolute atomic E-state index is 14.4. The number of nitrogens with zero attached hydrogens (tertiary/aromatic N) is 5. The van der Waals surface area contributed by atoms with Crippen LogP contribution in [0.2, 0.25) is 0 Å². The van der Waals surface area contributed by atoms with Crippen LogP contribution >= 0.6 is 0 Å². The minimum atomic E-state index is -1.38. The summed E-state index contributed by atoms with van der Waals surface area (Å²) in [7, 11) is 0. The van der Waals surface area contributed by atoms with E-state index in [9.17, 15) is 18.7 Å². The molecule has 0 radical (unpaired) electrons. The van der Waals surface area contributed by atoms with E-state index in [-0.39, 0.29) is 35.3 Å². The van der Waals surface area contributed by atoms with E-state index in [4.69, 9.17) is 5.73 Å². The molecule has 5 aromatic rings. The number of nitrogens with one attached hydrogen (secondary N) is 1. The molecule has 9 nitrogen and oxygen atoms in total. The molecule has 37 heavy (non-hydrogen) atoms. The fraction of sp³-hybridized carbons (Fsp3) is 0.115. The average molecular weight is 499 g/mol. The zero-order valence-corrected chi connectivity index (χ0v) is 19.4. The smallest absolute Gasteiger partial charge is 0.240 e. The summed E-state index contributed by atoms with van der Waals surface area (Å²) in [4.78, 5) is 31.0. The number of amides is 1. The van der Waals surface area contributed by atoms with Crippen molar-refractivity contribution in [2.75, 3.05) is 11.1 Å². The summed E-state index contributed by atoms with van der Waals surface area (Å²) in [6, 6.07) is 10.1. The summed E-state index contributed by atoms with van der Waals surface area (Å²) in [5.41, 5.74) is 7.39. The van der Waals surface area contributed by atoms with Crippen LogP contribution in [0.3, 0.4) is 0 Å². The van der Waals surface area contributed by atoms with Crippen LogP contribution in [-0.4, -0.2) is 35.4 Å². The van der Waals surface area contributed by atoms with Crippen molar-refractivity contribution in [3.05, 3.63) is 95.1 Å². The number of benzene rings is 2. The van der Waals surface area contributed by atoms with E-state index >= 15 is 0 Å². The van der Waals surface area contributed by atoms with Crippen molar-refractivity contribution in [1.29, 1.82) is 0 Å². The van der Waals surface area contributed by atoms with Gasteiger partial charge in [-0.15, -0.1) is 0 Å². The molecule has 1 aliphatic rings. The number of carbonyl (C=O) groups excluding carboxylic acids is 1. The average Bonchev–Trinajstić information content (AvgIpc) is 3.45. The first-order valence-electron chi connectivity index (χ1n) is 11.3. The van der Waals surface area contributed by atoms with Gasteiger partial charge in [0.1, 0.15) is 28.6 Å². The summed E-state index contributed by atoms with van der Waals surface area (Å²) in [6.45, 7) is 1.59. The lowest BCUT2D eigenvalue weighted by Crippen LogP contribution is -2.33. The van der Waals surface area contributed by atoms with Crippen LogP contribution in [0.25, 0.3) is 17.2 Å². The Labute approximate surface area is 208 Å². The fourth-order valence-corrected chi connectivity index (χ4v) is 4.66. The molecule has 1 amide bonds. The van der Waals surface area contributed by atoms with Gasteiger partial charge in [0.2, 0.25) is 5.91 Å². The maximum atomic E-state index is 14.4. The van der Waals surface area contributed by atoms with E-state index in [1.165, 1.54) is 18.2 Å². The number of anilines is 2. The number of nitrogens with two attached hydrogens (primary N) is 1. The van der Waals surface area contributed by atoms with Crippen LogP contribution in [-0.2, 0) is 16.6 Å². The standard InChI is InChI=1S/C26H19F2N7O2/c1-26(14-6-7-19(36)16(28)11-14)20-21(29)32-22(33-23(20)34-25(26)37)18-12-35-9-8-30-24(35)17(31-18)10-13-4-2-3-5-15(13)27/h2-9,11-12,36H,10H2,1H3,(H3,29,32,33,34,37). The molecule has 1 aliphatic heterocycles. The molecular weight excluding hydrogens is 480 g/mol. The Bertz CT molecular complexity index is 1740. The SMILES string of the molecule is CC1(c2ccc(O)c(F)c2)C(=O)Nc2nc(-c3cn4ccnc4c(Cc4ccccc4F)n3)nc(N)c21. The van der Waals surface area contributed by atoms with Crippen molar-refractivity contribution in [2.45, 2.75) is 18.8 Å². The Balaban J connectivity index is 1.47. The van der Waals surface area contributed by atoms with E-state index in [0.29, 0.717) is 28.2 Å². The summed E-state index contributed by atoms with van der Waals surface area (Å²) in [5.74, 6) is -1.89. The lowest BCUT2D eigenvalue weighted by molar-refractivity contribution is -0.119. The molecule has 0 saturated heterocycles. The zero-order valence-electron chi connectivity index (χ0n) is 19.4. The highest BCUT2D eigenvalue weighted by atomic mass is 19.1. The van der Waals surface area contributed by atoms with Crippen LogP contribution < -0.4 is 11.1 Å². The molecule has 4 heterocycles.